The SMILES string of the molecule is O=c1n2c(c(O)n1-c1ccccc1)C=C1C=CC2=CN1. The van der Waals surface area contributed by atoms with Crippen LogP contribution in [0.2, 0.25) is 0 Å². The molecular weight excluding hydrogens is 254 g/mol. The van der Waals surface area contributed by atoms with Gasteiger partial charge in [0.1, 0.15) is 5.69 Å². The molecule has 4 heterocycles. The number of nitrogens with zero attached hydrogens (tertiary/aromatic N) is 2. The van der Waals surface area contributed by atoms with E-state index in [4.69, 9.17) is 0 Å². The quantitative estimate of drug-likeness (QED) is 0.824. The summed E-state index contributed by atoms with van der Waals surface area (Å²) in [7, 11) is 0. The van der Waals surface area contributed by atoms with Crippen molar-refractivity contribution in [3.8, 4) is 11.6 Å². The number of hydrogen-bond acceptors (Lipinski definition) is 3. The van der Waals surface area contributed by atoms with Crippen molar-refractivity contribution in [3.05, 3.63) is 70.6 Å². The van der Waals surface area contributed by atoms with Crippen LogP contribution in [0.25, 0.3) is 17.5 Å². The zero-order valence-electron chi connectivity index (χ0n) is 10.4. The Labute approximate surface area is 114 Å². The van der Waals surface area contributed by atoms with E-state index in [1.807, 2.05) is 30.4 Å². The molecule has 0 saturated carbocycles. The second-order valence-corrected chi connectivity index (χ2v) is 4.64. The third-order valence-electron chi connectivity index (χ3n) is 3.45. The lowest BCUT2D eigenvalue weighted by Crippen LogP contribution is -2.23. The largest absolute Gasteiger partial charge is 0.493 e. The normalized spacial score (nSPS) is 15.2. The standard InChI is InChI=1S/C15H11N3O2/c19-14-13-8-10-6-7-12(9-16-10)17(13)15(20)18(14)11-4-2-1-3-5-11/h1-9,16,19H. The lowest BCUT2D eigenvalue weighted by atomic mass is 10.3. The Morgan fingerprint density at radius 1 is 1.05 bits per heavy atom. The number of rotatable bonds is 1. The summed E-state index contributed by atoms with van der Waals surface area (Å²) in [6, 6.07) is 9.10. The minimum Gasteiger partial charge on any atom is -0.493 e. The van der Waals surface area contributed by atoms with Gasteiger partial charge in [0.15, 0.2) is 0 Å². The van der Waals surface area contributed by atoms with Gasteiger partial charge in [0.2, 0.25) is 5.88 Å². The molecule has 98 valence electrons. The summed E-state index contributed by atoms with van der Waals surface area (Å²) in [5, 5.41) is 13.5. The summed E-state index contributed by atoms with van der Waals surface area (Å²) < 4.78 is 2.80. The number of fused-ring (bicyclic) bond motifs is 1. The molecule has 2 N–H and O–H groups in total. The van der Waals surface area contributed by atoms with E-state index in [-0.39, 0.29) is 11.6 Å². The molecule has 0 amide bonds. The lowest BCUT2D eigenvalue weighted by Gasteiger charge is -2.07. The average Bonchev–Trinajstić information content (AvgIpc) is 2.67. The van der Waals surface area contributed by atoms with Crippen molar-refractivity contribution in [2.75, 3.05) is 0 Å². The predicted octanol–water partition coefficient (Wildman–Crippen LogP) is 1.66. The van der Waals surface area contributed by atoms with Gasteiger partial charge in [-0.1, -0.05) is 18.2 Å². The van der Waals surface area contributed by atoms with Crippen LogP contribution in [0.4, 0.5) is 0 Å². The number of aromatic hydroxyl groups is 1. The highest BCUT2D eigenvalue weighted by Gasteiger charge is 2.24. The summed E-state index contributed by atoms with van der Waals surface area (Å²) in [5.74, 6) is -0.0583. The average molecular weight is 265 g/mol. The van der Waals surface area contributed by atoms with Gasteiger partial charge in [-0.3, -0.25) is 4.57 Å². The van der Waals surface area contributed by atoms with Crippen LogP contribution in [-0.4, -0.2) is 14.2 Å². The zero-order valence-corrected chi connectivity index (χ0v) is 10.4. The maximum absolute atomic E-state index is 12.6. The number of hydrogen-bond donors (Lipinski definition) is 2. The van der Waals surface area contributed by atoms with E-state index in [0.717, 1.165) is 5.70 Å². The van der Waals surface area contributed by atoms with Gasteiger partial charge in [0.25, 0.3) is 0 Å². The van der Waals surface area contributed by atoms with Crippen LogP contribution in [0.3, 0.4) is 0 Å². The second-order valence-electron chi connectivity index (χ2n) is 4.64. The maximum Gasteiger partial charge on any atom is 0.340 e. The van der Waals surface area contributed by atoms with Crippen LogP contribution in [0.5, 0.6) is 5.88 Å². The van der Waals surface area contributed by atoms with Crippen molar-refractivity contribution >= 4 is 11.8 Å². The van der Waals surface area contributed by atoms with Gasteiger partial charge >= 0.3 is 5.69 Å². The first-order valence-electron chi connectivity index (χ1n) is 6.25. The molecule has 0 spiro atoms. The van der Waals surface area contributed by atoms with Crippen LogP contribution >= 0.6 is 0 Å². The molecule has 5 nitrogen and oxygen atoms in total. The topological polar surface area (TPSA) is 59.2 Å². The molecule has 3 aliphatic rings. The minimum absolute atomic E-state index is 0.0583. The third kappa shape index (κ3) is 1.34. The molecule has 0 fully saturated rings. The molecule has 0 unspecified atom stereocenters. The summed E-state index contributed by atoms with van der Waals surface area (Å²) >= 11 is 0. The van der Waals surface area contributed by atoms with Crippen LogP contribution < -0.4 is 11.0 Å². The fourth-order valence-electron chi connectivity index (χ4n) is 2.50. The predicted molar refractivity (Wildman–Crippen MR) is 76.2 cm³/mol. The smallest absolute Gasteiger partial charge is 0.340 e. The Morgan fingerprint density at radius 3 is 2.55 bits per heavy atom. The first kappa shape index (κ1) is 10.9. The van der Waals surface area contributed by atoms with Gasteiger partial charge in [0, 0.05) is 11.9 Å². The third-order valence-corrected chi connectivity index (χ3v) is 3.45. The fourth-order valence-corrected chi connectivity index (χ4v) is 2.50. The highest BCUT2D eigenvalue weighted by atomic mass is 16.3. The number of benzene rings is 1. The Balaban J connectivity index is 2.07. The molecular formula is C15H11N3O2. The molecule has 5 rings (SSSR count). The van der Waals surface area contributed by atoms with E-state index in [2.05, 4.69) is 5.32 Å². The van der Waals surface area contributed by atoms with Crippen molar-refractivity contribution in [2.45, 2.75) is 0 Å². The number of imidazole rings is 1. The second kappa shape index (κ2) is 3.77. The van der Waals surface area contributed by atoms with Gasteiger partial charge in [-0.25, -0.2) is 9.36 Å². The van der Waals surface area contributed by atoms with Gasteiger partial charge < -0.3 is 10.4 Å². The molecule has 0 saturated heterocycles. The van der Waals surface area contributed by atoms with Crippen molar-refractivity contribution in [1.29, 1.82) is 0 Å². The molecule has 1 aromatic carbocycles. The molecule has 5 heteroatoms. The van der Waals surface area contributed by atoms with E-state index < -0.39 is 0 Å². The summed E-state index contributed by atoms with van der Waals surface area (Å²) in [6.07, 6.45) is 7.21. The summed E-state index contributed by atoms with van der Waals surface area (Å²) in [6.45, 7) is 0. The number of dihydropyridines is 1. The highest BCUT2D eigenvalue weighted by molar-refractivity contribution is 5.74. The Kier molecular flexibility index (Phi) is 2.06. The molecule has 20 heavy (non-hydrogen) atoms. The monoisotopic (exact) mass is 265 g/mol. The van der Waals surface area contributed by atoms with Gasteiger partial charge in [-0.05, 0) is 30.4 Å². The van der Waals surface area contributed by atoms with Crippen LogP contribution in [0.15, 0.2) is 59.2 Å². The van der Waals surface area contributed by atoms with Crippen molar-refractivity contribution in [3.63, 3.8) is 0 Å². The van der Waals surface area contributed by atoms with E-state index in [1.165, 1.54) is 9.13 Å². The number of nitrogens with one attached hydrogen (secondary N) is 1. The summed E-state index contributed by atoms with van der Waals surface area (Å²) in [4.78, 5) is 12.6. The molecule has 0 aliphatic carbocycles. The zero-order chi connectivity index (χ0) is 13.7. The van der Waals surface area contributed by atoms with Crippen LogP contribution in [0.1, 0.15) is 5.69 Å². The first-order valence-corrected chi connectivity index (χ1v) is 6.25. The van der Waals surface area contributed by atoms with Crippen LogP contribution in [0, 0.1) is 0 Å². The molecule has 2 aromatic rings. The van der Waals surface area contributed by atoms with Gasteiger partial charge in [0.05, 0.1) is 11.4 Å². The van der Waals surface area contributed by atoms with E-state index in [1.54, 1.807) is 24.4 Å². The molecule has 2 bridgehead atoms. The van der Waals surface area contributed by atoms with Crippen molar-refractivity contribution < 1.29 is 5.11 Å². The lowest BCUT2D eigenvalue weighted by molar-refractivity contribution is 0.439. The molecule has 0 atom stereocenters. The Hall–Kier alpha value is -2.95. The molecule has 1 aromatic heterocycles. The van der Waals surface area contributed by atoms with Crippen LogP contribution in [-0.2, 0) is 0 Å². The molecule has 3 aliphatic heterocycles. The van der Waals surface area contributed by atoms with Gasteiger partial charge in [-0.15, -0.1) is 0 Å². The van der Waals surface area contributed by atoms with E-state index >= 15 is 0 Å². The fraction of sp³-hybridized carbons (Fsp3) is 0. The van der Waals surface area contributed by atoms with Gasteiger partial charge in [-0.2, -0.15) is 0 Å². The van der Waals surface area contributed by atoms with E-state index in [9.17, 15) is 9.90 Å². The number of allylic oxidation sites excluding steroid dienone is 3. The Morgan fingerprint density at radius 2 is 1.85 bits per heavy atom. The first-order chi connectivity index (χ1) is 9.75. The Bertz CT molecular complexity index is 851. The minimum atomic E-state index is -0.291. The number of aromatic nitrogens is 2. The van der Waals surface area contributed by atoms with Crippen molar-refractivity contribution in [1.82, 2.24) is 14.5 Å². The highest BCUT2D eigenvalue weighted by Crippen LogP contribution is 2.29. The molecule has 0 radical (unpaired) electrons. The van der Waals surface area contributed by atoms with Crippen molar-refractivity contribution in [2.24, 2.45) is 0 Å². The summed E-state index contributed by atoms with van der Waals surface area (Å²) in [5.41, 5.74) is 2.37. The van der Waals surface area contributed by atoms with E-state index in [0.29, 0.717) is 17.1 Å². The number of para-hydroxylation sites is 1. The maximum atomic E-state index is 12.6.